The highest BCUT2D eigenvalue weighted by molar-refractivity contribution is 9.09. The van der Waals surface area contributed by atoms with Crippen molar-refractivity contribution in [2.45, 2.75) is 6.42 Å². The number of carbonyl (C=O) groups excluding carboxylic acids is 1. The van der Waals surface area contributed by atoms with Gasteiger partial charge in [0.15, 0.2) is 0 Å². The van der Waals surface area contributed by atoms with Gasteiger partial charge >= 0.3 is 6.03 Å². The van der Waals surface area contributed by atoms with E-state index in [4.69, 9.17) is 5.73 Å². The fourth-order valence-corrected chi connectivity index (χ4v) is 0.549. The molecule has 8 heavy (non-hydrogen) atoms. The topological polar surface area (TPSA) is 52.9 Å². The van der Waals surface area contributed by atoms with E-state index < -0.39 is 6.03 Å². The predicted octanol–water partition coefficient (Wildman–Crippen LogP) is 0.764. The molecule has 2 amide bonds. The second kappa shape index (κ2) is 4.90. The number of carbonyl (C=O) groups is 1. The number of rotatable bonds is 3. The van der Waals surface area contributed by atoms with Crippen LogP contribution in [0.15, 0.2) is 0 Å². The average Bonchev–Trinajstić information content (AvgIpc) is 1.66. The van der Waals surface area contributed by atoms with Crippen LogP contribution in [0.4, 0.5) is 4.79 Å². The summed E-state index contributed by atoms with van der Waals surface area (Å²) in [4.78, 5) is 9.86. The molecule has 0 aromatic heterocycles. The third kappa shape index (κ3) is 5.75. The van der Waals surface area contributed by atoms with Gasteiger partial charge in [-0.15, -0.1) is 0 Å². The summed E-state index contributed by atoms with van der Waals surface area (Å²) in [7, 11) is 0. The molecule has 0 aliphatic rings. The van der Waals surface area contributed by atoms with Crippen LogP contribution in [0.2, 0.25) is 0 Å². The summed E-state index contributed by atoms with van der Waals surface area (Å²) >= 11 is 3.19. The van der Waals surface area contributed by atoms with Crippen molar-refractivity contribution < 1.29 is 4.79 Å². The van der Waals surface area contributed by atoms with Gasteiger partial charge in [0.25, 0.3) is 0 Å². The summed E-state index contributed by atoms with van der Waals surface area (Å²) < 4.78 is 0. The van der Waals surface area contributed by atoms with E-state index in [0.717, 1.165) is 11.8 Å². The summed E-state index contributed by atoms with van der Waals surface area (Å²) in [6.45, 7) is 0.591. The second-order valence-electron chi connectivity index (χ2n) is 1.30. The molecule has 1 radical (unpaired) electrons. The summed E-state index contributed by atoms with van der Waals surface area (Å²) in [5, 5.41) is 3.21. The SMILES string of the molecule is [NH]C(=O)NCCCBr. The standard InChI is InChI=1S/C4H8BrN2O/c5-2-1-3-7-4(6)8/h6H,1-3H2,(H,7,8). The van der Waals surface area contributed by atoms with Crippen molar-refractivity contribution in [3.8, 4) is 0 Å². The molecule has 0 saturated heterocycles. The van der Waals surface area contributed by atoms with Gasteiger partial charge in [-0.05, 0) is 6.42 Å². The summed E-state index contributed by atoms with van der Waals surface area (Å²) in [6.07, 6.45) is 0.880. The van der Waals surface area contributed by atoms with Crippen LogP contribution in [0.5, 0.6) is 0 Å². The number of halogens is 1. The summed E-state index contributed by atoms with van der Waals surface area (Å²) in [5.41, 5.74) is 6.39. The first kappa shape index (κ1) is 7.75. The predicted molar refractivity (Wildman–Crippen MR) is 34.9 cm³/mol. The third-order valence-electron chi connectivity index (χ3n) is 0.596. The normalized spacial score (nSPS) is 8.62. The molecular formula is C4H8BrN2O. The number of hydrogen-bond donors (Lipinski definition) is 1. The van der Waals surface area contributed by atoms with Crippen LogP contribution < -0.4 is 11.1 Å². The van der Waals surface area contributed by atoms with Crippen molar-refractivity contribution in [1.82, 2.24) is 11.1 Å². The van der Waals surface area contributed by atoms with Crippen molar-refractivity contribution in [3.05, 3.63) is 0 Å². The minimum Gasteiger partial charge on any atom is -0.337 e. The molecule has 0 fully saturated rings. The minimum absolute atomic E-state index is 0.591. The van der Waals surface area contributed by atoms with Gasteiger partial charge in [0.2, 0.25) is 0 Å². The monoisotopic (exact) mass is 179 g/mol. The first-order valence-electron chi connectivity index (χ1n) is 2.32. The fourth-order valence-electron chi connectivity index (χ4n) is 0.269. The number of hydrogen-bond acceptors (Lipinski definition) is 1. The molecule has 0 spiro atoms. The maximum atomic E-state index is 9.86. The van der Waals surface area contributed by atoms with E-state index in [1.807, 2.05) is 0 Å². The molecule has 0 heterocycles. The third-order valence-corrected chi connectivity index (χ3v) is 1.16. The molecule has 0 aromatic carbocycles. The van der Waals surface area contributed by atoms with Crippen LogP contribution in [0, 0.1) is 0 Å². The molecule has 0 aliphatic carbocycles. The lowest BCUT2D eigenvalue weighted by Gasteiger charge is -1.94. The number of nitrogens with one attached hydrogen (secondary N) is 2. The quantitative estimate of drug-likeness (QED) is 0.505. The Kier molecular flexibility index (Phi) is 4.75. The van der Waals surface area contributed by atoms with Crippen LogP contribution >= 0.6 is 15.9 Å². The highest BCUT2D eigenvalue weighted by Crippen LogP contribution is 1.83. The Morgan fingerprint density at radius 3 is 2.75 bits per heavy atom. The van der Waals surface area contributed by atoms with Crippen LogP contribution in [0.1, 0.15) is 6.42 Å². The molecule has 2 N–H and O–H groups in total. The highest BCUT2D eigenvalue weighted by Gasteiger charge is 1.88. The van der Waals surface area contributed by atoms with Crippen molar-refractivity contribution in [3.63, 3.8) is 0 Å². The van der Waals surface area contributed by atoms with Crippen molar-refractivity contribution in [2.24, 2.45) is 0 Å². The smallest absolute Gasteiger partial charge is 0.333 e. The summed E-state index contributed by atoms with van der Waals surface area (Å²) in [6, 6.07) is -0.703. The van der Waals surface area contributed by atoms with Gasteiger partial charge in [0.1, 0.15) is 0 Å². The van der Waals surface area contributed by atoms with E-state index in [1.165, 1.54) is 0 Å². The van der Waals surface area contributed by atoms with Gasteiger partial charge in [0.05, 0.1) is 0 Å². The zero-order valence-electron chi connectivity index (χ0n) is 4.41. The number of amides is 2. The van der Waals surface area contributed by atoms with E-state index >= 15 is 0 Å². The average molecular weight is 180 g/mol. The van der Waals surface area contributed by atoms with E-state index in [0.29, 0.717) is 6.54 Å². The fraction of sp³-hybridized carbons (Fsp3) is 0.750. The zero-order valence-corrected chi connectivity index (χ0v) is 5.99. The van der Waals surface area contributed by atoms with E-state index in [-0.39, 0.29) is 0 Å². The lowest BCUT2D eigenvalue weighted by molar-refractivity contribution is 0.248. The maximum Gasteiger partial charge on any atom is 0.333 e. The highest BCUT2D eigenvalue weighted by atomic mass is 79.9. The summed E-state index contributed by atoms with van der Waals surface area (Å²) in [5.74, 6) is 0. The Balaban J connectivity index is 2.82. The number of urea groups is 1. The Hall–Kier alpha value is -0.250. The first-order chi connectivity index (χ1) is 3.77. The molecule has 0 bridgehead atoms. The molecule has 0 unspecified atom stereocenters. The zero-order chi connectivity index (χ0) is 6.41. The van der Waals surface area contributed by atoms with Crippen LogP contribution in [-0.4, -0.2) is 17.9 Å². The van der Waals surface area contributed by atoms with Crippen molar-refractivity contribution in [2.75, 3.05) is 11.9 Å². The lowest BCUT2D eigenvalue weighted by Crippen LogP contribution is -2.23. The van der Waals surface area contributed by atoms with Crippen molar-refractivity contribution >= 4 is 22.0 Å². The Labute approximate surface area is 56.8 Å². The molecule has 0 saturated carbocycles. The lowest BCUT2D eigenvalue weighted by atomic mass is 10.5. The van der Waals surface area contributed by atoms with Crippen LogP contribution in [0.25, 0.3) is 0 Å². The van der Waals surface area contributed by atoms with E-state index in [2.05, 4.69) is 21.2 Å². The molecular weight excluding hydrogens is 172 g/mol. The first-order valence-corrected chi connectivity index (χ1v) is 3.45. The van der Waals surface area contributed by atoms with Gasteiger partial charge in [-0.3, -0.25) is 0 Å². The van der Waals surface area contributed by atoms with Gasteiger partial charge in [-0.2, -0.15) is 0 Å². The Morgan fingerprint density at radius 2 is 2.38 bits per heavy atom. The molecule has 4 heteroatoms. The van der Waals surface area contributed by atoms with Gasteiger partial charge in [0, 0.05) is 11.9 Å². The molecule has 0 rings (SSSR count). The van der Waals surface area contributed by atoms with Gasteiger partial charge in [-0.25, -0.2) is 10.5 Å². The number of alkyl halides is 1. The van der Waals surface area contributed by atoms with Crippen LogP contribution in [0.3, 0.4) is 0 Å². The largest absolute Gasteiger partial charge is 0.337 e. The van der Waals surface area contributed by atoms with E-state index in [1.54, 1.807) is 0 Å². The molecule has 0 aliphatic heterocycles. The molecule has 47 valence electrons. The van der Waals surface area contributed by atoms with Crippen molar-refractivity contribution in [1.29, 1.82) is 0 Å². The maximum absolute atomic E-state index is 9.86. The minimum atomic E-state index is -0.703. The Morgan fingerprint density at radius 1 is 1.75 bits per heavy atom. The second-order valence-corrected chi connectivity index (χ2v) is 2.09. The van der Waals surface area contributed by atoms with Gasteiger partial charge in [-0.1, -0.05) is 15.9 Å². The van der Waals surface area contributed by atoms with E-state index in [9.17, 15) is 4.79 Å². The molecule has 0 aromatic rings. The Bertz CT molecular complexity index is 76.4. The van der Waals surface area contributed by atoms with Gasteiger partial charge < -0.3 is 5.32 Å². The molecule has 0 atom stereocenters. The molecule has 3 nitrogen and oxygen atoms in total. The van der Waals surface area contributed by atoms with Crippen LogP contribution in [-0.2, 0) is 0 Å².